The zero-order chi connectivity index (χ0) is 15.8. The van der Waals surface area contributed by atoms with Crippen LogP contribution >= 0.6 is 15.9 Å². The minimum absolute atomic E-state index is 0.0666. The van der Waals surface area contributed by atoms with E-state index >= 15 is 0 Å². The molecule has 0 saturated carbocycles. The van der Waals surface area contributed by atoms with Crippen LogP contribution in [0.15, 0.2) is 54.6 Å². The Morgan fingerprint density at radius 2 is 1.33 bits per heavy atom. The van der Waals surface area contributed by atoms with Crippen LogP contribution in [0, 0.1) is 20.2 Å². The van der Waals surface area contributed by atoms with Gasteiger partial charge in [-0.1, -0.05) is 30.3 Å². The summed E-state index contributed by atoms with van der Waals surface area (Å²) in [7, 11) is 0. The lowest BCUT2D eigenvalue weighted by atomic mass is 10.2. The lowest BCUT2D eigenvalue weighted by Crippen LogP contribution is -1.91. The van der Waals surface area contributed by atoms with Crippen LogP contribution in [-0.4, -0.2) is 14.5 Å². The van der Waals surface area contributed by atoms with Crippen LogP contribution in [0.4, 0.5) is 11.4 Å². The maximum Gasteiger partial charge on any atom is 0.276 e. The van der Waals surface area contributed by atoms with Crippen LogP contribution in [0.3, 0.4) is 0 Å². The standard InChI is InChI=1S/C7H5BrO.C6H4N2O4/c8-7(9)6-4-2-1-3-5-6;9-7(10)5-2-1-3-6(4-5)8(11)12/h1-5H;1-4H. The third-order valence-corrected chi connectivity index (χ3v) is 2.71. The van der Waals surface area contributed by atoms with Crippen molar-refractivity contribution in [1.29, 1.82) is 0 Å². The Balaban J connectivity index is 0.000000219. The molecule has 0 atom stereocenters. The second-order valence-electron chi connectivity index (χ2n) is 3.67. The first-order valence-corrected chi connectivity index (χ1v) is 6.35. The first-order valence-electron chi connectivity index (χ1n) is 5.55. The topological polar surface area (TPSA) is 103 Å². The summed E-state index contributed by atoms with van der Waals surface area (Å²) in [6.45, 7) is 0. The molecule has 0 aliphatic heterocycles. The van der Waals surface area contributed by atoms with Crippen molar-refractivity contribution in [3.05, 3.63) is 80.4 Å². The predicted molar refractivity (Wildman–Crippen MR) is 79.5 cm³/mol. The summed E-state index contributed by atoms with van der Waals surface area (Å²) in [5.41, 5.74) is 0.144. The van der Waals surface area contributed by atoms with Crippen LogP contribution in [0.1, 0.15) is 10.4 Å². The van der Waals surface area contributed by atoms with Gasteiger partial charge >= 0.3 is 0 Å². The van der Waals surface area contributed by atoms with Gasteiger partial charge in [-0.3, -0.25) is 25.0 Å². The van der Waals surface area contributed by atoms with Crippen LogP contribution in [-0.2, 0) is 0 Å². The smallest absolute Gasteiger partial charge is 0.276 e. The van der Waals surface area contributed by atoms with Gasteiger partial charge in [0, 0.05) is 17.7 Å². The molecule has 0 aromatic heterocycles. The largest absolute Gasteiger partial charge is 0.281 e. The fourth-order valence-electron chi connectivity index (χ4n) is 1.29. The number of hydrogen-bond donors (Lipinski definition) is 0. The van der Waals surface area contributed by atoms with E-state index in [0.717, 1.165) is 6.07 Å². The number of halogens is 1. The molecule has 0 bridgehead atoms. The number of carbonyl (C=O) groups is 1. The molecule has 2 aromatic carbocycles. The molecule has 21 heavy (non-hydrogen) atoms. The fraction of sp³-hybridized carbons (Fsp3) is 0. The zero-order valence-electron chi connectivity index (χ0n) is 10.5. The normalized spacial score (nSPS) is 9.19. The first-order chi connectivity index (χ1) is 9.91. The lowest BCUT2D eigenvalue weighted by Gasteiger charge is -1.90. The van der Waals surface area contributed by atoms with Gasteiger partial charge in [0.25, 0.3) is 11.4 Å². The van der Waals surface area contributed by atoms with Crippen LogP contribution in [0.2, 0.25) is 0 Å². The molecule has 108 valence electrons. The van der Waals surface area contributed by atoms with Gasteiger partial charge in [-0.2, -0.15) is 0 Å². The van der Waals surface area contributed by atoms with Gasteiger partial charge in [0.05, 0.1) is 15.9 Å². The van der Waals surface area contributed by atoms with Crippen molar-refractivity contribution in [2.75, 3.05) is 0 Å². The number of nitro groups is 2. The van der Waals surface area contributed by atoms with E-state index in [9.17, 15) is 25.0 Å². The molecule has 0 heterocycles. The van der Waals surface area contributed by atoms with Crippen molar-refractivity contribution in [3.8, 4) is 0 Å². The van der Waals surface area contributed by atoms with Crippen molar-refractivity contribution in [3.63, 3.8) is 0 Å². The summed E-state index contributed by atoms with van der Waals surface area (Å²) >= 11 is 2.84. The SMILES string of the molecule is O=C(Br)c1ccccc1.O=[N+]([O-])c1cccc([N+](=O)[O-])c1. The summed E-state index contributed by atoms with van der Waals surface area (Å²) in [6.07, 6.45) is 0. The summed E-state index contributed by atoms with van der Waals surface area (Å²) in [5, 5.41) is 20.3. The fourth-order valence-corrected chi connectivity index (χ4v) is 1.55. The minimum atomic E-state index is -0.674. The van der Waals surface area contributed by atoms with Crippen molar-refractivity contribution >= 4 is 32.0 Å². The zero-order valence-corrected chi connectivity index (χ0v) is 12.1. The van der Waals surface area contributed by atoms with Gasteiger partial charge < -0.3 is 0 Å². The Hall–Kier alpha value is -2.61. The van der Waals surface area contributed by atoms with Crippen LogP contribution < -0.4 is 0 Å². The summed E-state index contributed by atoms with van der Waals surface area (Å²) in [5.74, 6) is 0. The molecule has 0 N–H and O–H groups in total. The monoisotopic (exact) mass is 352 g/mol. The van der Waals surface area contributed by atoms with E-state index in [4.69, 9.17) is 0 Å². The van der Waals surface area contributed by atoms with Gasteiger partial charge in [-0.05, 0) is 22.0 Å². The number of nitro benzene ring substituents is 2. The Bertz CT molecular complexity index is 631. The molecule has 0 radical (unpaired) electrons. The molecular formula is C13H9BrN2O5. The molecule has 2 aromatic rings. The van der Waals surface area contributed by atoms with Crippen molar-refractivity contribution < 1.29 is 14.6 Å². The maximum absolute atomic E-state index is 10.6. The average Bonchev–Trinajstić information content (AvgIpc) is 2.49. The van der Waals surface area contributed by atoms with Gasteiger partial charge in [-0.15, -0.1) is 0 Å². The molecule has 0 saturated heterocycles. The highest BCUT2D eigenvalue weighted by atomic mass is 79.9. The number of benzene rings is 2. The number of non-ortho nitro benzene ring substituents is 2. The Kier molecular flexibility index (Phi) is 6.15. The minimum Gasteiger partial charge on any atom is -0.281 e. The highest BCUT2D eigenvalue weighted by molar-refractivity contribution is 9.18. The number of rotatable bonds is 3. The molecule has 0 amide bonds. The van der Waals surface area contributed by atoms with Crippen molar-refractivity contribution in [2.45, 2.75) is 0 Å². The maximum atomic E-state index is 10.6. The number of carbonyl (C=O) groups excluding carboxylic acids is 1. The molecule has 0 spiro atoms. The van der Waals surface area contributed by atoms with E-state index in [1.54, 1.807) is 12.1 Å². The predicted octanol–water partition coefficient (Wildman–Crippen LogP) is 3.72. The molecule has 8 heteroatoms. The number of nitrogens with zero attached hydrogens (tertiary/aromatic N) is 2. The van der Waals surface area contributed by atoms with Crippen molar-refractivity contribution in [2.24, 2.45) is 0 Å². The molecule has 0 unspecified atom stereocenters. The first kappa shape index (κ1) is 16.4. The Morgan fingerprint density at radius 3 is 1.67 bits per heavy atom. The van der Waals surface area contributed by atoms with E-state index in [1.807, 2.05) is 18.2 Å². The average molecular weight is 353 g/mol. The van der Waals surface area contributed by atoms with Gasteiger partial charge in [-0.25, -0.2) is 0 Å². The second-order valence-corrected chi connectivity index (χ2v) is 4.39. The third-order valence-electron chi connectivity index (χ3n) is 2.25. The van der Waals surface area contributed by atoms with Gasteiger partial charge in [0.1, 0.15) is 0 Å². The van der Waals surface area contributed by atoms with Gasteiger partial charge in [0.15, 0.2) is 0 Å². The number of hydrogen-bond acceptors (Lipinski definition) is 5. The molecule has 0 aliphatic carbocycles. The highest BCUT2D eigenvalue weighted by Crippen LogP contribution is 2.18. The third kappa shape index (κ3) is 5.49. The van der Waals surface area contributed by atoms with Gasteiger partial charge in [0.2, 0.25) is 4.69 Å². The van der Waals surface area contributed by atoms with Crippen LogP contribution in [0.5, 0.6) is 0 Å². The molecule has 2 rings (SSSR count). The molecule has 7 nitrogen and oxygen atoms in total. The van der Waals surface area contributed by atoms with E-state index in [0.29, 0.717) is 5.56 Å². The summed E-state index contributed by atoms with van der Waals surface area (Å²) in [4.78, 5) is 29.5. The molecule has 0 fully saturated rings. The second kappa shape index (κ2) is 7.85. The quantitative estimate of drug-likeness (QED) is 0.475. The van der Waals surface area contributed by atoms with Crippen LogP contribution in [0.25, 0.3) is 0 Å². The summed E-state index contributed by atoms with van der Waals surface area (Å²) < 4.78 is -0.0666. The van der Waals surface area contributed by atoms with E-state index < -0.39 is 9.85 Å². The van der Waals surface area contributed by atoms with E-state index in [-0.39, 0.29) is 16.1 Å². The molecule has 0 aliphatic rings. The Labute approximate surface area is 127 Å². The lowest BCUT2D eigenvalue weighted by molar-refractivity contribution is -0.394. The van der Waals surface area contributed by atoms with E-state index in [1.165, 1.54) is 18.2 Å². The van der Waals surface area contributed by atoms with E-state index in [2.05, 4.69) is 15.9 Å². The molecular weight excluding hydrogens is 344 g/mol. The summed E-state index contributed by atoms with van der Waals surface area (Å²) in [6, 6.07) is 13.6. The highest BCUT2D eigenvalue weighted by Gasteiger charge is 2.11. The van der Waals surface area contributed by atoms with Crippen molar-refractivity contribution in [1.82, 2.24) is 0 Å². The Morgan fingerprint density at radius 1 is 0.857 bits per heavy atom.